The highest BCUT2D eigenvalue weighted by Crippen LogP contribution is 2.24. The van der Waals surface area contributed by atoms with E-state index >= 15 is 0 Å². The summed E-state index contributed by atoms with van der Waals surface area (Å²) in [5.74, 6) is -0.106. The maximum atomic E-state index is 12.2. The minimum atomic E-state index is -0.761. The fraction of sp³-hybridized carbons (Fsp3) is 0.150. The first-order valence-corrected chi connectivity index (χ1v) is 8.37. The SMILES string of the molecule is COc1ccccc1-n1c(O)c(C=NCCc2ccccc2)c(=O)[nH]c1=O. The molecule has 2 N–H and O–H groups in total. The van der Waals surface area contributed by atoms with Crippen LogP contribution in [0.1, 0.15) is 11.1 Å². The molecule has 1 heterocycles. The van der Waals surface area contributed by atoms with Crippen LogP contribution in [0.25, 0.3) is 5.69 Å². The van der Waals surface area contributed by atoms with E-state index in [9.17, 15) is 14.7 Å². The predicted molar refractivity (Wildman–Crippen MR) is 103 cm³/mol. The Balaban J connectivity index is 1.94. The lowest BCUT2D eigenvalue weighted by Gasteiger charge is -2.12. The van der Waals surface area contributed by atoms with E-state index in [1.807, 2.05) is 30.3 Å². The van der Waals surface area contributed by atoms with Gasteiger partial charge in [0, 0.05) is 12.8 Å². The van der Waals surface area contributed by atoms with Crippen LogP contribution < -0.4 is 16.0 Å². The van der Waals surface area contributed by atoms with Crippen molar-refractivity contribution in [3.05, 3.63) is 86.6 Å². The second kappa shape index (κ2) is 8.18. The van der Waals surface area contributed by atoms with Gasteiger partial charge in [0.1, 0.15) is 11.3 Å². The number of aromatic amines is 1. The normalized spacial score (nSPS) is 11.0. The van der Waals surface area contributed by atoms with E-state index < -0.39 is 17.1 Å². The third kappa shape index (κ3) is 3.98. The Kier molecular flexibility index (Phi) is 5.51. The van der Waals surface area contributed by atoms with Gasteiger partial charge in [0.2, 0.25) is 5.88 Å². The zero-order valence-electron chi connectivity index (χ0n) is 14.8. The first-order chi connectivity index (χ1) is 13.1. The number of H-pyrrole nitrogens is 1. The number of nitrogens with zero attached hydrogens (tertiary/aromatic N) is 2. The van der Waals surface area contributed by atoms with E-state index in [-0.39, 0.29) is 5.56 Å². The van der Waals surface area contributed by atoms with Crippen LogP contribution in [-0.4, -0.2) is 34.5 Å². The Morgan fingerprint density at radius 3 is 2.56 bits per heavy atom. The Labute approximate surface area is 155 Å². The third-order valence-corrected chi connectivity index (χ3v) is 4.04. The van der Waals surface area contributed by atoms with Crippen LogP contribution in [0.3, 0.4) is 0 Å². The number of aromatic nitrogens is 2. The van der Waals surface area contributed by atoms with Crippen molar-refractivity contribution in [2.24, 2.45) is 4.99 Å². The molecule has 3 rings (SSSR count). The molecule has 0 aliphatic carbocycles. The number of hydrogen-bond acceptors (Lipinski definition) is 5. The highest BCUT2D eigenvalue weighted by molar-refractivity contribution is 5.82. The van der Waals surface area contributed by atoms with Crippen LogP contribution in [0, 0.1) is 0 Å². The summed E-state index contributed by atoms with van der Waals surface area (Å²) in [6, 6.07) is 16.5. The molecule has 1 aromatic heterocycles. The molecule has 7 nitrogen and oxygen atoms in total. The molecular formula is C20H19N3O4. The van der Waals surface area contributed by atoms with Gasteiger partial charge in [-0.25, -0.2) is 9.36 Å². The monoisotopic (exact) mass is 365 g/mol. The van der Waals surface area contributed by atoms with Gasteiger partial charge in [-0.2, -0.15) is 0 Å². The highest BCUT2D eigenvalue weighted by Gasteiger charge is 2.16. The summed E-state index contributed by atoms with van der Waals surface area (Å²) in [5, 5.41) is 10.5. The largest absolute Gasteiger partial charge is 0.495 e. The van der Waals surface area contributed by atoms with Crippen LogP contribution in [0.15, 0.2) is 69.2 Å². The van der Waals surface area contributed by atoms with Crippen LogP contribution in [0.4, 0.5) is 0 Å². The molecule has 0 unspecified atom stereocenters. The number of rotatable bonds is 6. The predicted octanol–water partition coefficient (Wildman–Crippen LogP) is 1.90. The standard InChI is InChI=1S/C20H19N3O4/c1-27-17-10-6-5-9-16(17)23-19(25)15(18(24)22-20(23)26)13-21-12-11-14-7-3-2-4-8-14/h2-10,13,25H,11-12H2,1H3,(H,22,24,26). The molecule has 0 aliphatic heterocycles. The molecule has 138 valence electrons. The lowest BCUT2D eigenvalue weighted by atomic mass is 10.1. The third-order valence-electron chi connectivity index (χ3n) is 4.04. The lowest BCUT2D eigenvalue weighted by Crippen LogP contribution is -2.31. The summed E-state index contributed by atoms with van der Waals surface area (Å²) in [6.07, 6.45) is 1.98. The molecule has 0 saturated heterocycles. The van der Waals surface area contributed by atoms with Gasteiger partial charge in [-0.15, -0.1) is 0 Å². The molecule has 2 aromatic carbocycles. The first-order valence-electron chi connectivity index (χ1n) is 8.37. The topological polar surface area (TPSA) is 96.7 Å². The summed E-state index contributed by atoms with van der Waals surface area (Å²) >= 11 is 0. The lowest BCUT2D eigenvalue weighted by molar-refractivity contribution is 0.401. The summed E-state index contributed by atoms with van der Waals surface area (Å²) in [5.41, 5.74) is -0.117. The smallest absolute Gasteiger partial charge is 0.335 e. The van der Waals surface area contributed by atoms with E-state index in [4.69, 9.17) is 4.74 Å². The average molecular weight is 365 g/mol. The number of hydrogen-bond donors (Lipinski definition) is 2. The van der Waals surface area contributed by atoms with Gasteiger partial charge in [0.25, 0.3) is 5.56 Å². The quantitative estimate of drug-likeness (QED) is 0.652. The number of nitrogens with one attached hydrogen (secondary N) is 1. The molecular weight excluding hydrogens is 346 g/mol. The fourth-order valence-electron chi connectivity index (χ4n) is 2.69. The number of para-hydroxylation sites is 2. The van der Waals surface area contributed by atoms with E-state index in [1.54, 1.807) is 24.3 Å². The molecule has 3 aromatic rings. The molecule has 0 fully saturated rings. The van der Waals surface area contributed by atoms with Crippen LogP contribution in [-0.2, 0) is 6.42 Å². The van der Waals surface area contributed by atoms with Crippen molar-refractivity contribution in [3.8, 4) is 17.3 Å². The van der Waals surface area contributed by atoms with E-state index in [2.05, 4.69) is 9.98 Å². The zero-order chi connectivity index (χ0) is 19.2. The minimum absolute atomic E-state index is 0.0893. The number of benzene rings is 2. The Bertz CT molecular complexity index is 1070. The molecule has 7 heteroatoms. The zero-order valence-corrected chi connectivity index (χ0v) is 14.8. The summed E-state index contributed by atoms with van der Waals surface area (Å²) in [6.45, 7) is 0.441. The van der Waals surface area contributed by atoms with Gasteiger partial charge in [0.05, 0.1) is 12.8 Å². The molecule has 27 heavy (non-hydrogen) atoms. The maximum absolute atomic E-state index is 12.2. The molecule has 0 amide bonds. The number of methoxy groups -OCH3 is 1. The Hall–Kier alpha value is -3.61. The Morgan fingerprint density at radius 2 is 1.81 bits per heavy atom. The van der Waals surface area contributed by atoms with E-state index in [1.165, 1.54) is 13.3 Å². The van der Waals surface area contributed by atoms with E-state index in [0.29, 0.717) is 24.4 Å². The van der Waals surface area contributed by atoms with Crippen LogP contribution in [0.5, 0.6) is 11.6 Å². The Morgan fingerprint density at radius 1 is 1.11 bits per heavy atom. The van der Waals surface area contributed by atoms with Crippen molar-refractivity contribution in [3.63, 3.8) is 0 Å². The average Bonchev–Trinajstić information content (AvgIpc) is 2.68. The van der Waals surface area contributed by atoms with Crippen molar-refractivity contribution in [1.82, 2.24) is 9.55 Å². The molecule has 0 bridgehead atoms. The second-order valence-electron chi connectivity index (χ2n) is 5.77. The fourth-order valence-corrected chi connectivity index (χ4v) is 2.69. The number of aliphatic imine (C=N–C) groups is 1. The van der Waals surface area contributed by atoms with Gasteiger partial charge < -0.3 is 9.84 Å². The molecule has 0 saturated carbocycles. The highest BCUT2D eigenvalue weighted by atomic mass is 16.5. The van der Waals surface area contributed by atoms with Crippen molar-refractivity contribution in [2.75, 3.05) is 13.7 Å². The summed E-state index contributed by atoms with van der Waals surface area (Å²) < 4.78 is 6.22. The molecule has 0 atom stereocenters. The van der Waals surface area contributed by atoms with Crippen LogP contribution in [0.2, 0.25) is 0 Å². The van der Waals surface area contributed by atoms with Crippen molar-refractivity contribution in [1.29, 1.82) is 0 Å². The van der Waals surface area contributed by atoms with Crippen molar-refractivity contribution < 1.29 is 9.84 Å². The van der Waals surface area contributed by atoms with Crippen molar-refractivity contribution in [2.45, 2.75) is 6.42 Å². The van der Waals surface area contributed by atoms with Gasteiger partial charge >= 0.3 is 5.69 Å². The van der Waals surface area contributed by atoms with Gasteiger partial charge in [-0.1, -0.05) is 42.5 Å². The van der Waals surface area contributed by atoms with Crippen molar-refractivity contribution >= 4 is 6.21 Å². The summed E-state index contributed by atoms with van der Waals surface area (Å²) in [4.78, 5) is 30.8. The maximum Gasteiger partial charge on any atom is 0.335 e. The van der Waals surface area contributed by atoms with Gasteiger partial charge in [-0.3, -0.25) is 14.8 Å². The minimum Gasteiger partial charge on any atom is -0.495 e. The van der Waals surface area contributed by atoms with Crippen LogP contribution >= 0.6 is 0 Å². The molecule has 0 radical (unpaired) electrons. The molecule has 0 spiro atoms. The number of ether oxygens (including phenoxy) is 1. The first kappa shape index (κ1) is 18.2. The second-order valence-corrected chi connectivity index (χ2v) is 5.77. The number of aromatic hydroxyl groups is 1. The van der Waals surface area contributed by atoms with Gasteiger partial charge in [0.15, 0.2) is 0 Å². The van der Waals surface area contributed by atoms with E-state index in [0.717, 1.165) is 10.1 Å². The summed E-state index contributed by atoms with van der Waals surface area (Å²) in [7, 11) is 1.46. The molecule has 0 aliphatic rings. The van der Waals surface area contributed by atoms with Gasteiger partial charge in [-0.05, 0) is 24.1 Å².